The third kappa shape index (κ3) is 4.57. The number of rotatable bonds is 6. The van der Waals surface area contributed by atoms with Crippen LogP contribution in [0.5, 0.6) is 5.75 Å². The molecule has 174 valence electrons. The number of amides is 2. The van der Waals surface area contributed by atoms with E-state index < -0.39 is 5.82 Å². The molecule has 2 fully saturated rings. The molecule has 0 radical (unpaired) electrons. The smallest absolute Gasteiger partial charge is 0.258 e. The fraction of sp³-hybridized carbons (Fsp3) is 0.417. The Morgan fingerprint density at radius 3 is 2.52 bits per heavy atom. The number of carbonyl (C=O) groups is 2. The van der Waals surface area contributed by atoms with Gasteiger partial charge in [0.05, 0.1) is 16.4 Å². The van der Waals surface area contributed by atoms with Gasteiger partial charge in [0.25, 0.3) is 5.91 Å². The number of hydrogen-bond acceptors (Lipinski definition) is 5. The molecule has 2 aliphatic carbocycles. The molecule has 33 heavy (non-hydrogen) atoms. The summed E-state index contributed by atoms with van der Waals surface area (Å²) in [4.78, 5) is 25.4. The third-order valence-electron chi connectivity index (χ3n) is 6.93. The maximum Gasteiger partial charge on any atom is 0.258 e. The summed E-state index contributed by atoms with van der Waals surface area (Å²) in [6, 6.07) is 11.6. The molecule has 4 N–H and O–H groups in total. The summed E-state index contributed by atoms with van der Waals surface area (Å²) in [6.07, 6.45) is 2.77. The van der Waals surface area contributed by atoms with Crippen LogP contribution in [0.1, 0.15) is 19.3 Å². The molecule has 0 spiro atoms. The summed E-state index contributed by atoms with van der Waals surface area (Å²) < 4.78 is 18.9. The number of fused-ring (bicyclic) bond motifs is 2. The Balaban J connectivity index is 1.13. The molecule has 7 nitrogen and oxygen atoms in total. The lowest BCUT2D eigenvalue weighted by molar-refractivity contribution is -0.124. The predicted octanol–water partition coefficient (Wildman–Crippen LogP) is 3.16. The summed E-state index contributed by atoms with van der Waals surface area (Å²) >= 11 is 5.67. The summed E-state index contributed by atoms with van der Waals surface area (Å²) in [5, 5.41) is 12.8. The van der Waals surface area contributed by atoms with Crippen LogP contribution in [0.3, 0.4) is 0 Å². The highest BCUT2D eigenvalue weighted by molar-refractivity contribution is 6.30. The van der Waals surface area contributed by atoms with Crippen LogP contribution in [0, 0.1) is 17.7 Å². The number of ether oxygens (including phenoxy) is 1. The molecule has 0 aromatic heterocycles. The molecule has 0 saturated heterocycles. The molecule has 0 bridgehead atoms. The minimum atomic E-state index is -0.590. The molecular weight excluding hydrogens is 447 g/mol. The molecule has 2 aromatic carbocycles. The average molecular weight is 473 g/mol. The molecule has 3 aliphatic rings. The number of halogens is 2. The largest absolute Gasteiger partial charge is 0.484 e. The standard InChI is InChI=1S/C24H26ClFN4O3/c25-16-8-5-13(9-17(16)26)33-12-23(31)29-20-10-21(15-7-6-14(15)20)30-24(32)22-11-27-18-3-1-2-4-19(18)28-22/h1-5,8-9,14-15,20-22,27-28H,6-7,10-12H2,(H,29,31)(H,30,32)/t14?,15?,20?,21-,22?/m0/s1. The second-order valence-corrected chi connectivity index (χ2v) is 9.33. The summed E-state index contributed by atoms with van der Waals surface area (Å²) in [5.41, 5.74) is 1.91. The zero-order chi connectivity index (χ0) is 22.9. The number of nitrogens with one attached hydrogen (secondary N) is 4. The third-order valence-corrected chi connectivity index (χ3v) is 7.24. The van der Waals surface area contributed by atoms with Crippen LogP contribution in [0.4, 0.5) is 15.8 Å². The highest BCUT2D eigenvalue weighted by Crippen LogP contribution is 2.47. The van der Waals surface area contributed by atoms with Gasteiger partial charge in [-0.3, -0.25) is 9.59 Å². The van der Waals surface area contributed by atoms with E-state index in [1.807, 2.05) is 24.3 Å². The van der Waals surface area contributed by atoms with Gasteiger partial charge in [0, 0.05) is 24.7 Å². The zero-order valence-electron chi connectivity index (χ0n) is 17.9. The fourth-order valence-electron chi connectivity index (χ4n) is 5.13. The van der Waals surface area contributed by atoms with Gasteiger partial charge in [-0.2, -0.15) is 0 Å². The van der Waals surface area contributed by atoms with Gasteiger partial charge in [-0.25, -0.2) is 4.39 Å². The van der Waals surface area contributed by atoms with E-state index in [-0.39, 0.29) is 47.3 Å². The van der Waals surface area contributed by atoms with E-state index in [0.717, 1.165) is 30.3 Å². The van der Waals surface area contributed by atoms with E-state index in [1.165, 1.54) is 12.1 Å². The second-order valence-electron chi connectivity index (χ2n) is 8.92. The van der Waals surface area contributed by atoms with Crippen molar-refractivity contribution in [2.75, 3.05) is 23.8 Å². The van der Waals surface area contributed by atoms with Gasteiger partial charge in [0.2, 0.25) is 5.91 Å². The zero-order valence-corrected chi connectivity index (χ0v) is 18.7. The van der Waals surface area contributed by atoms with E-state index >= 15 is 0 Å². The SMILES string of the molecule is O=C(COc1ccc(Cl)c(F)c1)NC1C[C@H](NC(=O)C2CNc3ccccc3N2)C2CCC12. The average Bonchev–Trinajstić information content (AvgIpc) is 3.01. The number of hydrogen-bond donors (Lipinski definition) is 4. The van der Waals surface area contributed by atoms with Crippen molar-refractivity contribution in [3.8, 4) is 5.75 Å². The van der Waals surface area contributed by atoms with Crippen molar-refractivity contribution >= 4 is 34.8 Å². The van der Waals surface area contributed by atoms with Gasteiger partial charge in [-0.05, 0) is 55.4 Å². The first kappa shape index (κ1) is 21.8. The lowest BCUT2D eigenvalue weighted by Gasteiger charge is -2.37. The van der Waals surface area contributed by atoms with Crippen LogP contribution in [-0.2, 0) is 9.59 Å². The second kappa shape index (κ2) is 9.09. The van der Waals surface area contributed by atoms with Crippen LogP contribution in [0.2, 0.25) is 5.02 Å². The van der Waals surface area contributed by atoms with Gasteiger partial charge in [-0.1, -0.05) is 23.7 Å². The number of benzene rings is 2. The number of para-hydroxylation sites is 2. The van der Waals surface area contributed by atoms with Crippen molar-refractivity contribution in [3.63, 3.8) is 0 Å². The van der Waals surface area contributed by atoms with Crippen molar-refractivity contribution < 1.29 is 18.7 Å². The van der Waals surface area contributed by atoms with Crippen molar-refractivity contribution in [3.05, 3.63) is 53.3 Å². The number of carbonyl (C=O) groups excluding carboxylic acids is 2. The molecule has 1 heterocycles. The van der Waals surface area contributed by atoms with Crippen molar-refractivity contribution in [1.82, 2.24) is 10.6 Å². The van der Waals surface area contributed by atoms with Gasteiger partial charge < -0.3 is 26.0 Å². The maximum atomic E-state index is 13.5. The molecule has 2 amide bonds. The Hall–Kier alpha value is -3.00. The first-order valence-electron chi connectivity index (χ1n) is 11.2. The van der Waals surface area contributed by atoms with Gasteiger partial charge in [-0.15, -0.1) is 0 Å². The molecule has 2 saturated carbocycles. The monoisotopic (exact) mass is 472 g/mol. The molecule has 4 unspecified atom stereocenters. The maximum absolute atomic E-state index is 13.5. The Bertz CT molecular complexity index is 1070. The first-order chi connectivity index (χ1) is 16.0. The van der Waals surface area contributed by atoms with Crippen LogP contribution < -0.4 is 26.0 Å². The van der Waals surface area contributed by atoms with E-state index in [2.05, 4.69) is 21.3 Å². The quantitative estimate of drug-likeness (QED) is 0.518. The van der Waals surface area contributed by atoms with Crippen LogP contribution in [-0.4, -0.2) is 43.1 Å². The molecule has 1 aliphatic heterocycles. The molecule has 9 heteroatoms. The van der Waals surface area contributed by atoms with Crippen LogP contribution >= 0.6 is 11.6 Å². The summed E-state index contributed by atoms with van der Waals surface area (Å²) in [6.45, 7) is 0.315. The summed E-state index contributed by atoms with van der Waals surface area (Å²) in [5.74, 6) is 0.0860. The predicted molar refractivity (Wildman–Crippen MR) is 124 cm³/mol. The lowest BCUT2D eigenvalue weighted by atomic mass is 9.73. The molecular formula is C24H26ClFN4O3. The highest BCUT2D eigenvalue weighted by atomic mass is 35.5. The first-order valence-corrected chi connectivity index (χ1v) is 11.6. The van der Waals surface area contributed by atoms with Gasteiger partial charge >= 0.3 is 0 Å². The normalized spacial score (nSPS) is 27.2. The Labute approximate surface area is 196 Å². The Kier molecular flexibility index (Phi) is 6.01. The molecule has 5 rings (SSSR count). The van der Waals surface area contributed by atoms with E-state index in [0.29, 0.717) is 24.8 Å². The summed E-state index contributed by atoms with van der Waals surface area (Å²) in [7, 11) is 0. The van der Waals surface area contributed by atoms with Crippen LogP contribution in [0.15, 0.2) is 42.5 Å². The van der Waals surface area contributed by atoms with E-state index in [4.69, 9.17) is 16.3 Å². The van der Waals surface area contributed by atoms with E-state index in [1.54, 1.807) is 0 Å². The topological polar surface area (TPSA) is 91.5 Å². The minimum Gasteiger partial charge on any atom is -0.484 e. The van der Waals surface area contributed by atoms with Gasteiger partial charge in [0.1, 0.15) is 17.6 Å². The van der Waals surface area contributed by atoms with Gasteiger partial charge in [0.15, 0.2) is 6.61 Å². The van der Waals surface area contributed by atoms with Crippen molar-refractivity contribution in [2.45, 2.75) is 37.4 Å². The lowest BCUT2D eigenvalue weighted by Crippen LogP contribution is -2.51. The van der Waals surface area contributed by atoms with Crippen LogP contribution in [0.25, 0.3) is 0 Å². The van der Waals surface area contributed by atoms with Crippen molar-refractivity contribution in [2.24, 2.45) is 11.8 Å². The molecule has 5 atom stereocenters. The highest BCUT2D eigenvalue weighted by Gasteiger charge is 2.49. The van der Waals surface area contributed by atoms with Crippen molar-refractivity contribution in [1.29, 1.82) is 0 Å². The van der Waals surface area contributed by atoms with E-state index in [9.17, 15) is 14.0 Å². The number of anilines is 2. The fourth-order valence-corrected chi connectivity index (χ4v) is 5.24. The Morgan fingerprint density at radius 2 is 1.79 bits per heavy atom. The molecule has 2 aromatic rings. The minimum absolute atomic E-state index is 0.00490. The Morgan fingerprint density at radius 1 is 1.06 bits per heavy atom.